The van der Waals surface area contributed by atoms with Crippen LogP contribution in [0.15, 0.2) is 42.5 Å². The molecule has 5 rings (SSSR count). The van der Waals surface area contributed by atoms with Gasteiger partial charge < -0.3 is 39.7 Å². The summed E-state index contributed by atoms with van der Waals surface area (Å²) < 4.78 is 17.3. The number of hydrogen-bond acceptors (Lipinski definition) is 9. The molecule has 184 valence electrons. The lowest BCUT2D eigenvalue weighted by molar-refractivity contribution is -0.277. The number of ether oxygens (including phenoxy) is 3. The quantitative estimate of drug-likeness (QED) is 0.437. The summed E-state index contributed by atoms with van der Waals surface area (Å²) in [4.78, 5) is 12.2. The number of carbonyl (C=O) groups excluding carboxylic acids is 1. The molecule has 9 heteroatoms. The second kappa shape index (κ2) is 10.8. The summed E-state index contributed by atoms with van der Waals surface area (Å²) in [5, 5.41) is 50.1. The molecule has 0 saturated carbocycles. The van der Waals surface area contributed by atoms with Crippen molar-refractivity contribution in [3.63, 3.8) is 0 Å². The van der Waals surface area contributed by atoms with E-state index in [2.05, 4.69) is 0 Å². The second-order valence-electron chi connectivity index (χ2n) is 8.78. The largest absolute Gasteiger partial charge is 0.458 e. The zero-order valence-corrected chi connectivity index (χ0v) is 18.6. The molecule has 0 radical (unpaired) electrons. The van der Waals surface area contributed by atoms with Crippen LogP contribution in [0, 0.1) is 0 Å². The molecule has 34 heavy (non-hydrogen) atoms. The fourth-order valence-corrected chi connectivity index (χ4v) is 4.11. The van der Waals surface area contributed by atoms with Gasteiger partial charge in [0.15, 0.2) is 11.5 Å². The van der Waals surface area contributed by atoms with Crippen molar-refractivity contribution in [3.8, 4) is 17.2 Å². The Morgan fingerprint density at radius 3 is 2.35 bits per heavy atom. The van der Waals surface area contributed by atoms with Crippen LogP contribution in [0.5, 0.6) is 17.2 Å². The molecule has 9 nitrogen and oxygen atoms in total. The Hall–Kier alpha value is -2.53. The molecule has 1 fully saturated rings. The molecule has 0 amide bonds. The Labute approximate surface area is 197 Å². The minimum Gasteiger partial charge on any atom is -0.458 e. The standard InChI is InChI=1S/C25H30O9/c26-13-21-22(29)23(30)24(31)25(34-21)33-19-10-5-15-2-7-17(28)12-16(27)6-1-14-3-8-18(9-4-14)32-20(19)11-15/h3-5,8-11,17,21-26,28-31H,1-2,6-7,12-13H2/t17-,21-,22-,23+,24-,25-/m1/s1. The van der Waals surface area contributed by atoms with E-state index in [1.54, 1.807) is 30.3 Å². The molecule has 3 heterocycles. The third kappa shape index (κ3) is 5.75. The monoisotopic (exact) mass is 474 g/mol. The maximum absolute atomic E-state index is 12.2. The van der Waals surface area contributed by atoms with Crippen molar-refractivity contribution in [2.75, 3.05) is 6.61 Å². The molecule has 0 spiro atoms. The molecule has 2 aromatic rings. The maximum Gasteiger partial charge on any atom is 0.229 e. The van der Waals surface area contributed by atoms with Crippen molar-refractivity contribution in [3.05, 3.63) is 53.6 Å². The van der Waals surface area contributed by atoms with Crippen LogP contribution in [0.4, 0.5) is 0 Å². The third-order valence-electron chi connectivity index (χ3n) is 6.17. The summed E-state index contributed by atoms with van der Waals surface area (Å²) >= 11 is 0. The SMILES string of the molecule is O=C1CCc2ccc(cc2)Oc2cc(ccc2O[C@@H]2O[C@H](CO)[C@@H](O)[C@H](O)[C@H]2O)CC[C@@H](O)C1. The predicted octanol–water partition coefficient (Wildman–Crippen LogP) is 0.856. The zero-order valence-electron chi connectivity index (χ0n) is 18.6. The lowest BCUT2D eigenvalue weighted by atomic mass is 9.99. The zero-order chi connectivity index (χ0) is 24.2. The molecule has 2 aromatic carbocycles. The van der Waals surface area contributed by atoms with Crippen LogP contribution >= 0.6 is 0 Å². The number of benzene rings is 2. The molecule has 3 aliphatic heterocycles. The van der Waals surface area contributed by atoms with E-state index in [0.717, 1.165) is 11.1 Å². The highest BCUT2D eigenvalue weighted by Crippen LogP contribution is 2.36. The van der Waals surface area contributed by atoms with Gasteiger partial charge >= 0.3 is 0 Å². The number of aliphatic hydroxyl groups is 5. The first-order chi connectivity index (χ1) is 16.3. The van der Waals surface area contributed by atoms with Crippen molar-refractivity contribution >= 4 is 5.78 Å². The van der Waals surface area contributed by atoms with Crippen molar-refractivity contribution < 1.29 is 44.5 Å². The summed E-state index contributed by atoms with van der Waals surface area (Å²) in [6.07, 6.45) is -5.85. The summed E-state index contributed by atoms with van der Waals surface area (Å²) in [6.45, 7) is -0.565. The Kier molecular flexibility index (Phi) is 7.82. The fourth-order valence-electron chi connectivity index (χ4n) is 4.11. The lowest BCUT2D eigenvalue weighted by Crippen LogP contribution is -2.60. The van der Waals surface area contributed by atoms with Crippen LogP contribution in [0.2, 0.25) is 0 Å². The number of aryl methyl sites for hydroxylation is 2. The molecule has 3 aliphatic rings. The van der Waals surface area contributed by atoms with Crippen LogP contribution in [-0.2, 0) is 22.4 Å². The first-order valence-electron chi connectivity index (χ1n) is 11.4. The van der Waals surface area contributed by atoms with Gasteiger partial charge in [-0.25, -0.2) is 0 Å². The minimum atomic E-state index is -1.56. The van der Waals surface area contributed by atoms with Gasteiger partial charge in [-0.1, -0.05) is 18.2 Å². The summed E-state index contributed by atoms with van der Waals surface area (Å²) in [7, 11) is 0. The van der Waals surface area contributed by atoms with Gasteiger partial charge in [-0.15, -0.1) is 0 Å². The van der Waals surface area contributed by atoms with E-state index in [9.17, 15) is 30.3 Å². The smallest absolute Gasteiger partial charge is 0.229 e. The van der Waals surface area contributed by atoms with Crippen LogP contribution in [-0.4, -0.2) is 74.7 Å². The number of Topliss-reactive ketones (excluding diaryl/α,β-unsaturated/α-hetero) is 1. The molecule has 1 saturated heterocycles. The number of ketones is 1. The van der Waals surface area contributed by atoms with Crippen molar-refractivity contribution in [2.24, 2.45) is 0 Å². The highest BCUT2D eigenvalue weighted by atomic mass is 16.7. The Morgan fingerprint density at radius 1 is 0.882 bits per heavy atom. The van der Waals surface area contributed by atoms with Gasteiger partial charge in [-0.05, 0) is 54.7 Å². The van der Waals surface area contributed by atoms with Gasteiger partial charge in [0, 0.05) is 12.8 Å². The molecule has 0 aliphatic carbocycles. The summed E-state index contributed by atoms with van der Waals surface area (Å²) in [5.41, 5.74) is 1.81. The second-order valence-corrected chi connectivity index (χ2v) is 8.78. The molecule has 6 atom stereocenters. The van der Waals surface area contributed by atoms with E-state index >= 15 is 0 Å². The van der Waals surface area contributed by atoms with Crippen molar-refractivity contribution in [1.82, 2.24) is 0 Å². The highest BCUT2D eigenvalue weighted by Gasteiger charge is 2.45. The van der Waals surface area contributed by atoms with Crippen molar-refractivity contribution in [1.29, 1.82) is 0 Å². The highest BCUT2D eigenvalue weighted by molar-refractivity contribution is 5.79. The normalized spacial score (nSPS) is 30.2. The third-order valence-corrected chi connectivity index (χ3v) is 6.17. The number of aliphatic hydroxyl groups excluding tert-OH is 5. The van der Waals surface area contributed by atoms with E-state index in [0.29, 0.717) is 37.2 Å². The fraction of sp³-hybridized carbons (Fsp3) is 0.480. The lowest BCUT2D eigenvalue weighted by Gasteiger charge is -2.39. The maximum atomic E-state index is 12.2. The average molecular weight is 475 g/mol. The van der Waals surface area contributed by atoms with E-state index < -0.39 is 43.4 Å². The van der Waals surface area contributed by atoms with Crippen molar-refractivity contribution in [2.45, 2.75) is 68.9 Å². The first-order valence-corrected chi connectivity index (χ1v) is 11.4. The molecule has 0 aromatic heterocycles. The van der Waals surface area contributed by atoms with Gasteiger partial charge in [0.1, 0.15) is 35.9 Å². The molecule has 4 bridgehead atoms. The Bertz CT molecular complexity index is 975. The number of rotatable bonds is 3. The Morgan fingerprint density at radius 2 is 1.62 bits per heavy atom. The topological polar surface area (TPSA) is 146 Å². The summed E-state index contributed by atoms with van der Waals surface area (Å²) in [5.74, 6) is 1.09. The minimum absolute atomic E-state index is 0.0201. The number of hydrogen-bond donors (Lipinski definition) is 5. The number of carbonyl (C=O) groups is 1. The van der Waals surface area contributed by atoms with Gasteiger partial charge in [0.25, 0.3) is 0 Å². The van der Waals surface area contributed by atoms with Crippen LogP contribution in [0.3, 0.4) is 0 Å². The van der Waals surface area contributed by atoms with Crippen LogP contribution < -0.4 is 9.47 Å². The first kappa shape index (κ1) is 24.6. The van der Waals surface area contributed by atoms with Crippen LogP contribution in [0.25, 0.3) is 0 Å². The van der Waals surface area contributed by atoms with Gasteiger partial charge in [-0.3, -0.25) is 4.79 Å². The van der Waals surface area contributed by atoms with Crippen LogP contribution in [0.1, 0.15) is 30.4 Å². The van der Waals surface area contributed by atoms with Gasteiger partial charge in [0.05, 0.1) is 12.7 Å². The summed E-state index contributed by atoms with van der Waals surface area (Å²) in [6, 6.07) is 12.4. The Balaban J connectivity index is 1.61. The predicted molar refractivity (Wildman–Crippen MR) is 120 cm³/mol. The molecular formula is C25H30O9. The molecule has 0 unspecified atom stereocenters. The average Bonchev–Trinajstić information content (AvgIpc) is 2.83. The van der Waals surface area contributed by atoms with Gasteiger partial charge in [0.2, 0.25) is 6.29 Å². The van der Waals surface area contributed by atoms with E-state index in [4.69, 9.17) is 14.2 Å². The van der Waals surface area contributed by atoms with E-state index in [1.165, 1.54) is 0 Å². The number of fused-ring (bicyclic) bond motifs is 8. The molecule has 5 N–H and O–H groups in total. The van der Waals surface area contributed by atoms with E-state index in [1.807, 2.05) is 12.1 Å². The molecular weight excluding hydrogens is 444 g/mol. The van der Waals surface area contributed by atoms with Gasteiger partial charge in [-0.2, -0.15) is 0 Å². The van der Waals surface area contributed by atoms with E-state index in [-0.39, 0.29) is 18.0 Å².